The van der Waals surface area contributed by atoms with Crippen LogP contribution in [0.25, 0.3) is 11.0 Å². The largest absolute Gasteiger partial charge is 0.417 e. The number of nitrogens with one attached hydrogen (secondary N) is 1. The number of aryl methyl sites for hydroxylation is 2. The van der Waals surface area contributed by atoms with Crippen LogP contribution in [0.15, 0.2) is 41.3 Å². The van der Waals surface area contributed by atoms with Crippen molar-refractivity contribution < 1.29 is 22.8 Å². The first-order valence-electron chi connectivity index (χ1n) is 8.61. The highest BCUT2D eigenvalue weighted by molar-refractivity contribution is 5.95. The minimum Gasteiger partial charge on any atom is -0.326 e. The number of fused-ring (bicyclic) bond motifs is 1. The standard InChI is InChI=1S/C19H17F3N4O3/c1-11(27)12-3-5-13(6-4-12)23-16(28)7-8-26-17(29)9-15(19(20,21)22)14-10-25(2)24-18(14)26/h3-6,9-10H,7-8H2,1-2H3,(H,23,28). The number of rotatable bonds is 5. The summed E-state index contributed by atoms with van der Waals surface area (Å²) in [5.74, 6) is -0.541. The Morgan fingerprint density at radius 1 is 1.17 bits per heavy atom. The molecule has 0 radical (unpaired) electrons. The molecular formula is C19H17F3N4O3. The fourth-order valence-corrected chi connectivity index (χ4v) is 2.93. The topological polar surface area (TPSA) is 86.0 Å². The quantitative estimate of drug-likeness (QED) is 0.660. The van der Waals surface area contributed by atoms with Gasteiger partial charge in [0.25, 0.3) is 5.56 Å². The van der Waals surface area contributed by atoms with Gasteiger partial charge in [0.05, 0.1) is 5.56 Å². The lowest BCUT2D eigenvalue weighted by molar-refractivity contribution is -0.136. The van der Waals surface area contributed by atoms with Crippen LogP contribution in [0, 0.1) is 0 Å². The van der Waals surface area contributed by atoms with Crippen LogP contribution in [-0.4, -0.2) is 26.0 Å². The van der Waals surface area contributed by atoms with Gasteiger partial charge in [-0.15, -0.1) is 0 Å². The molecule has 1 aromatic carbocycles. The zero-order chi connectivity index (χ0) is 21.3. The molecule has 0 aliphatic carbocycles. The predicted octanol–water partition coefficient (Wildman–Crippen LogP) is 2.99. The number of carbonyl (C=O) groups is 2. The Labute approximate surface area is 162 Å². The Balaban J connectivity index is 1.80. The van der Waals surface area contributed by atoms with Gasteiger partial charge in [0.2, 0.25) is 5.91 Å². The highest BCUT2D eigenvalue weighted by Crippen LogP contribution is 2.33. The molecule has 0 unspecified atom stereocenters. The number of pyridine rings is 1. The van der Waals surface area contributed by atoms with Crippen molar-refractivity contribution in [3.8, 4) is 0 Å². The molecule has 2 aromatic heterocycles. The molecule has 0 saturated heterocycles. The Hall–Kier alpha value is -3.43. The zero-order valence-corrected chi connectivity index (χ0v) is 15.6. The summed E-state index contributed by atoms with van der Waals surface area (Å²) in [7, 11) is 1.45. The second-order valence-corrected chi connectivity index (χ2v) is 6.52. The summed E-state index contributed by atoms with van der Waals surface area (Å²) in [4.78, 5) is 35.7. The first-order chi connectivity index (χ1) is 13.6. The van der Waals surface area contributed by atoms with Gasteiger partial charge in [0.15, 0.2) is 11.4 Å². The number of halogens is 3. The lowest BCUT2D eigenvalue weighted by Crippen LogP contribution is -2.25. The average Bonchev–Trinajstić information content (AvgIpc) is 3.01. The molecule has 2 heterocycles. The monoisotopic (exact) mass is 406 g/mol. The minimum atomic E-state index is -4.69. The molecule has 0 fully saturated rings. The van der Waals surface area contributed by atoms with Crippen molar-refractivity contribution in [1.82, 2.24) is 14.3 Å². The first kappa shape index (κ1) is 20.3. The first-order valence-corrected chi connectivity index (χ1v) is 8.61. The van der Waals surface area contributed by atoms with Crippen LogP contribution in [0.5, 0.6) is 0 Å². The third kappa shape index (κ3) is 4.36. The van der Waals surface area contributed by atoms with E-state index < -0.39 is 23.2 Å². The Morgan fingerprint density at radius 2 is 1.83 bits per heavy atom. The normalized spacial score (nSPS) is 11.6. The van der Waals surface area contributed by atoms with Crippen molar-refractivity contribution in [2.24, 2.45) is 7.05 Å². The van der Waals surface area contributed by atoms with E-state index in [9.17, 15) is 27.6 Å². The van der Waals surface area contributed by atoms with Crippen molar-refractivity contribution >= 4 is 28.4 Å². The van der Waals surface area contributed by atoms with Crippen LogP contribution in [0.1, 0.15) is 29.3 Å². The second-order valence-electron chi connectivity index (χ2n) is 6.52. The summed E-state index contributed by atoms with van der Waals surface area (Å²) in [5, 5.41) is 6.36. The lowest BCUT2D eigenvalue weighted by atomic mass is 10.1. The molecular weight excluding hydrogens is 389 g/mol. The average molecular weight is 406 g/mol. The van der Waals surface area contributed by atoms with Gasteiger partial charge in [-0.2, -0.15) is 18.3 Å². The van der Waals surface area contributed by atoms with Crippen molar-refractivity contribution in [2.75, 3.05) is 5.32 Å². The number of anilines is 1. The molecule has 3 aromatic rings. The number of carbonyl (C=O) groups excluding carboxylic acids is 2. The second kappa shape index (κ2) is 7.53. The van der Waals surface area contributed by atoms with Gasteiger partial charge in [0.1, 0.15) is 0 Å². The van der Waals surface area contributed by atoms with Gasteiger partial charge in [-0.3, -0.25) is 23.6 Å². The number of Topliss-reactive ketones (excluding diaryl/α,β-unsaturated/α-hetero) is 1. The number of ketones is 1. The van der Waals surface area contributed by atoms with Crippen LogP contribution in [0.4, 0.5) is 18.9 Å². The third-order valence-electron chi connectivity index (χ3n) is 4.33. The van der Waals surface area contributed by atoms with Crippen LogP contribution in [0.3, 0.4) is 0 Å². The number of alkyl halides is 3. The molecule has 1 amide bonds. The number of aromatic nitrogens is 3. The summed E-state index contributed by atoms with van der Waals surface area (Å²) < 4.78 is 41.8. The highest BCUT2D eigenvalue weighted by atomic mass is 19.4. The van der Waals surface area contributed by atoms with E-state index in [0.717, 1.165) is 4.57 Å². The molecule has 29 heavy (non-hydrogen) atoms. The Kier molecular flexibility index (Phi) is 5.27. The predicted molar refractivity (Wildman–Crippen MR) is 99.7 cm³/mol. The molecule has 7 nitrogen and oxygen atoms in total. The van der Waals surface area contributed by atoms with Crippen molar-refractivity contribution in [2.45, 2.75) is 26.1 Å². The molecule has 0 bridgehead atoms. The van der Waals surface area contributed by atoms with Gasteiger partial charge >= 0.3 is 6.18 Å². The van der Waals surface area contributed by atoms with E-state index in [1.165, 1.54) is 24.9 Å². The Morgan fingerprint density at radius 3 is 2.41 bits per heavy atom. The van der Waals surface area contributed by atoms with Gasteiger partial charge < -0.3 is 5.32 Å². The zero-order valence-electron chi connectivity index (χ0n) is 15.6. The number of hydrogen-bond acceptors (Lipinski definition) is 4. The third-order valence-corrected chi connectivity index (χ3v) is 4.33. The van der Waals surface area contributed by atoms with Crippen LogP contribution >= 0.6 is 0 Å². The molecule has 0 saturated carbocycles. The SMILES string of the molecule is CC(=O)c1ccc(NC(=O)CCn2c(=O)cc(C(F)(F)F)c3cn(C)nc32)cc1. The smallest absolute Gasteiger partial charge is 0.326 e. The summed E-state index contributed by atoms with van der Waals surface area (Å²) in [5.41, 5.74) is -1.12. The maximum Gasteiger partial charge on any atom is 0.417 e. The number of nitrogens with zero attached hydrogens (tertiary/aromatic N) is 3. The fraction of sp³-hybridized carbons (Fsp3) is 0.263. The van der Waals surface area contributed by atoms with E-state index in [1.54, 1.807) is 24.3 Å². The molecule has 152 valence electrons. The maximum atomic E-state index is 13.2. The van der Waals surface area contributed by atoms with Crippen LogP contribution in [-0.2, 0) is 24.6 Å². The molecule has 3 rings (SSSR count). The summed E-state index contributed by atoms with van der Waals surface area (Å²) in [6.07, 6.45) is -3.65. The van der Waals surface area contributed by atoms with Gasteiger partial charge in [-0.1, -0.05) is 0 Å². The molecule has 10 heteroatoms. The molecule has 0 spiro atoms. The van der Waals surface area contributed by atoms with E-state index in [4.69, 9.17) is 0 Å². The Bertz CT molecular complexity index is 1140. The number of hydrogen-bond donors (Lipinski definition) is 1. The van der Waals surface area contributed by atoms with Crippen molar-refractivity contribution in [1.29, 1.82) is 0 Å². The van der Waals surface area contributed by atoms with E-state index in [-0.39, 0.29) is 29.8 Å². The number of amides is 1. The van der Waals surface area contributed by atoms with Gasteiger partial charge in [0, 0.05) is 48.9 Å². The van der Waals surface area contributed by atoms with Gasteiger partial charge in [-0.25, -0.2) is 0 Å². The van der Waals surface area contributed by atoms with E-state index in [2.05, 4.69) is 10.4 Å². The maximum absolute atomic E-state index is 13.2. The van der Waals surface area contributed by atoms with Crippen LogP contribution < -0.4 is 10.9 Å². The molecule has 0 atom stereocenters. The lowest BCUT2D eigenvalue weighted by Gasteiger charge is -2.12. The van der Waals surface area contributed by atoms with Gasteiger partial charge in [-0.05, 0) is 31.2 Å². The summed E-state index contributed by atoms with van der Waals surface area (Å²) >= 11 is 0. The summed E-state index contributed by atoms with van der Waals surface area (Å²) in [6.45, 7) is 1.29. The highest BCUT2D eigenvalue weighted by Gasteiger charge is 2.34. The van der Waals surface area contributed by atoms with Crippen LogP contribution in [0.2, 0.25) is 0 Å². The fourth-order valence-electron chi connectivity index (χ4n) is 2.93. The molecule has 0 aliphatic heterocycles. The van der Waals surface area contributed by atoms with Crippen molar-refractivity contribution in [3.63, 3.8) is 0 Å². The van der Waals surface area contributed by atoms with E-state index in [1.807, 2.05) is 0 Å². The number of benzene rings is 1. The van der Waals surface area contributed by atoms with E-state index >= 15 is 0 Å². The van der Waals surface area contributed by atoms with Crippen molar-refractivity contribution in [3.05, 3.63) is 58.0 Å². The van der Waals surface area contributed by atoms with E-state index in [0.29, 0.717) is 17.3 Å². The minimum absolute atomic E-state index is 0.107. The molecule has 0 aliphatic rings. The summed E-state index contributed by atoms with van der Waals surface area (Å²) in [6, 6.07) is 6.78. The molecule has 1 N–H and O–H groups in total.